The third-order valence-electron chi connectivity index (χ3n) is 19.8. The minimum Gasteiger partial charge on any atom is -0.453 e. The Balaban J connectivity index is 0.000000550. The van der Waals surface area contributed by atoms with E-state index in [-0.39, 0.29) is 93.6 Å². The Morgan fingerprint density at radius 2 is 0.577 bits per heavy atom. The first-order valence-corrected chi connectivity index (χ1v) is 36.3. The van der Waals surface area contributed by atoms with E-state index < -0.39 is 24.4 Å². The molecule has 2 saturated heterocycles. The van der Waals surface area contributed by atoms with Gasteiger partial charge < -0.3 is 30.3 Å². The minimum atomic E-state index is -0.907. The van der Waals surface area contributed by atoms with Crippen LogP contribution >= 0.6 is 24.8 Å². The number of Topliss-reactive ketones (excluding diaryl/α,β-unsaturated/α-hetero) is 4. The van der Waals surface area contributed by atoms with Crippen LogP contribution in [-0.4, -0.2) is 94.9 Å². The van der Waals surface area contributed by atoms with Crippen LogP contribution in [0.4, 0.5) is 0 Å². The molecular formula is C90H120Cl2N2O10. The van der Waals surface area contributed by atoms with Crippen LogP contribution in [0.3, 0.4) is 0 Å². The van der Waals surface area contributed by atoms with Gasteiger partial charge in [0.15, 0.2) is 35.3 Å². The summed E-state index contributed by atoms with van der Waals surface area (Å²) in [5, 5.41) is 26.4. The summed E-state index contributed by atoms with van der Waals surface area (Å²) >= 11 is 0. The van der Waals surface area contributed by atoms with Gasteiger partial charge in [-0.2, -0.15) is 0 Å². The molecule has 2 fully saturated rings. The fourth-order valence-electron chi connectivity index (χ4n) is 13.6. The molecule has 6 unspecified atom stereocenters. The van der Waals surface area contributed by atoms with Gasteiger partial charge in [-0.15, -0.1) is 24.8 Å². The van der Waals surface area contributed by atoms with Gasteiger partial charge in [0.2, 0.25) is 0 Å². The Labute approximate surface area is 635 Å². The van der Waals surface area contributed by atoms with E-state index in [0.29, 0.717) is 48.0 Å². The van der Waals surface area contributed by atoms with Gasteiger partial charge in [-0.25, -0.2) is 0 Å². The number of allylic oxidation sites excluding steroid dienone is 40. The van der Waals surface area contributed by atoms with Crippen molar-refractivity contribution >= 4 is 59.9 Å². The molecule has 0 spiro atoms. The summed E-state index contributed by atoms with van der Waals surface area (Å²) in [6.07, 6.45) is 58.8. The zero-order valence-electron chi connectivity index (χ0n) is 65.7. The van der Waals surface area contributed by atoms with Gasteiger partial charge >= 0.3 is 11.9 Å². The largest absolute Gasteiger partial charge is 0.453 e. The number of ketones is 4. The Bertz CT molecular complexity index is 3640. The van der Waals surface area contributed by atoms with Crippen molar-refractivity contribution in [3.8, 4) is 0 Å². The Hall–Kier alpha value is -7.68. The van der Waals surface area contributed by atoms with Crippen LogP contribution in [0.15, 0.2) is 259 Å². The fraction of sp³-hybridized carbons (Fsp3) is 0.444. The van der Waals surface area contributed by atoms with Gasteiger partial charge in [0.05, 0.1) is 0 Å². The first-order valence-electron chi connectivity index (χ1n) is 36.3. The van der Waals surface area contributed by atoms with Gasteiger partial charge in [0.25, 0.3) is 0 Å². The summed E-state index contributed by atoms with van der Waals surface area (Å²) in [4.78, 5) is 76.0. The zero-order chi connectivity index (χ0) is 75.9. The van der Waals surface area contributed by atoms with Crippen molar-refractivity contribution in [3.05, 3.63) is 259 Å². The number of halogens is 2. The summed E-state index contributed by atoms with van der Waals surface area (Å²) in [5.74, 6) is -1.22. The summed E-state index contributed by atoms with van der Waals surface area (Å²) in [7, 11) is 0. The van der Waals surface area contributed by atoms with E-state index in [4.69, 9.17) is 9.47 Å². The average Bonchev–Trinajstić information content (AvgIpc) is 0.895. The monoisotopic (exact) mass is 1460 g/mol. The van der Waals surface area contributed by atoms with Crippen molar-refractivity contribution in [3.63, 3.8) is 0 Å². The van der Waals surface area contributed by atoms with Crippen LogP contribution in [0, 0.1) is 21.7 Å². The van der Waals surface area contributed by atoms with Crippen molar-refractivity contribution < 1.29 is 48.5 Å². The summed E-state index contributed by atoms with van der Waals surface area (Å²) in [6.45, 7) is 41.8. The number of carbonyl (C=O) groups excluding carboxylic acids is 6. The van der Waals surface area contributed by atoms with Crippen molar-refractivity contribution in [2.45, 2.75) is 226 Å². The minimum absolute atomic E-state index is 0. The number of hydrogen-bond donors (Lipinski definition) is 4. The van der Waals surface area contributed by atoms with Gasteiger partial charge in [0, 0.05) is 12.8 Å². The summed E-state index contributed by atoms with van der Waals surface area (Å²) < 4.78 is 11.4. The van der Waals surface area contributed by atoms with Crippen LogP contribution < -0.4 is 10.6 Å². The van der Waals surface area contributed by atoms with Gasteiger partial charge in [-0.05, 0) is 201 Å². The lowest BCUT2D eigenvalue weighted by atomic mass is 9.71. The van der Waals surface area contributed by atoms with E-state index in [1.165, 1.54) is 0 Å². The Morgan fingerprint density at radius 3 is 0.817 bits per heavy atom. The van der Waals surface area contributed by atoms with Gasteiger partial charge in [0.1, 0.15) is 24.3 Å². The number of carbonyl (C=O) groups is 6. The van der Waals surface area contributed by atoms with Gasteiger partial charge in [-0.1, -0.05) is 270 Å². The van der Waals surface area contributed by atoms with Crippen LogP contribution in [0.2, 0.25) is 0 Å². The third kappa shape index (κ3) is 27.7. The third-order valence-corrected chi connectivity index (χ3v) is 19.8. The average molecular weight is 1460 g/mol. The predicted molar refractivity (Wildman–Crippen MR) is 434 cm³/mol. The molecule has 6 atom stereocenters. The molecule has 0 aromatic rings. The highest BCUT2D eigenvalue weighted by Gasteiger charge is 2.43. The van der Waals surface area contributed by atoms with Gasteiger partial charge in [-0.3, -0.25) is 28.8 Å². The number of nitrogens with one attached hydrogen (secondary N) is 2. The van der Waals surface area contributed by atoms with E-state index in [1.807, 2.05) is 163 Å². The standard InChI is InChI=1S/C50H66N2O6.C40H52O4.2ClH/c1-33(19-13-21-35(3)25-27-39-37(5)45(53)43(31-49(39,7)8)57-47(55)41-23-15-29-51-41)17-11-12-18-34(2)20-14-22-36(4)26-28-40-38(6)46(54)44(32-50(40,9)10)58-48(56)42-24-16-30-52-42;1-27(17-13-19-29(3)21-23-33-31(5)37(43)35(41)25-39(33,7)8)15-11-12-16-28(2)18-14-20-30(4)22-24-34-32(6)38(44)36(42)26-40(34,9)10;;/h11-14,17-22,25-28,41-44,51-52H,15-16,23-24,29-32H2,1-10H3;11-24,35-36,41-42H,25-26H2,1-10H3;2*1H/b12-11+,19-13+,20-14+,27-25+,28-26+,33-17+,34-18+,35-21+,36-22+;12-11+,17-13+,18-14+,23-21+,24-22+,27-15+,28-16+,29-19+,30-20+;;. The van der Waals surface area contributed by atoms with E-state index in [9.17, 15) is 39.0 Å². The molecule has 4 N–H and O–H groups in total. The zero-order valence-corrected chi connectivity index (χ0v) is 67.3. The number of ether oxygens (including phenoxy) is 2. The maximum Gasteiger partial charge on any atom is 0.323 e. The van der Waals surface area contributed by atoms with Crippen molar-refractivity contribution in [2.75, 3.05) is 13.1 Å². The van der Waals surface area contributed by atoms with Crippen molar-refractivity contribution in [1.82, 2.24) is 10.6 Å². The molecule has 0 saturated carbocycles. The van der Waals surface area contributed by atoms with E-state index in [2.05, 4.69) is 142 Å². The molecule has 0 bridgehead atoms. The molecule has 14 heteroatoms. The van der Waals surface area contributed by atoms with E-state index in [0.717, 1.165) is 106 Å². The second kappa shape index (κ2) is 41.9. The van der Waals surface area contributed by atoms with Crippen LogP contribution in [0.5, 0.6) is 0 Å². The SMILES string of the molecule is CC1=C(/C=C/C(C)=C/C=C/C(C)=C/C=C/C=C(C)/C=C/C=C(C)/C=C/C2=C(C)C(=O)C(O)CC2(C)C)C(C)(C)CC(O)C1=O.CC1=C(/C=C/C(C)=C/C=C/C(C)=C/C=C/C=C(C)/C=C/C=C(C)/C=C/C2=C(C)C(=O)C(OC(=O)C3CCCN3)CC2(C)C)C(C)(C)CC(OC(=O)C2CCCN2)C1=O.Cl.Cl. The van der Waals surface area contributed by atoms with Crippen LogP contribution in [-0.2, 0) is 38.2 Å². The maximum atomic E-state index is 13.2. The smallest absolute Gasteiger partial charge is 0.323 e. The molecule has 6 rings (SSSR count). The highest BCUT2D eigenvalue weighted by atomic mass is 35.5. The highest BCUT2D eigenvalue weighted by Crippen LogP contribution is 2.44. The van der Waals surface area contributed by atoms with Crippen LogP contribution in [0.25, 0.3) is 0 Å². The fourth-order valence-corrected chi connectivity index (χ4v) is 13.6. The topological polar surface area (TPSA) is 185 Å². The number of hydrogen-bond acceptors (Lipinski definition) is 12. The number of esters is 2. The molecule has 0 aromatic carbocycles. The molecule has 104 heavy (non-hydrogen) atoms. The molecule has 564 valence electrons. The Kier molecular flexibility index (Phi) is 36.4. The maximum absolute atomic E-state index is 13.2. The molecule has 4 aliphatic carbocycles. The first-order chi connectivity index (χ1) is 47.8. The summed E-state index contributed by atoms with van der Waals surface area (Å²) in [6, 6.07) is -0.621. The van der Waals surface area contributed by atoms with E-state index in [1.54, 1.807) is 13.8 Å². The molecular weight excluding hydrogens is 1340 g/mol. The van der Waals surface area contributed by atoms with Crippen molar-refractivity contribution in [1.29, 1.82) is 0 Å². The molecule has 0 amide bonds. The highest BCUT2D eigenvalue weighted by molar-refractivity contribution is 6.03. The first kappa shape index (κ1) is 90.5. The quantitative estimate of drug-likeness (QED) is 0.0530. The molecule has 0 radical (unpaired) electrons. The molecule has 0 aromatic heterocycles. The number of aliphatic hydroxyl groups excluding tert-OH is 2. The normalized spacial score (nSPS) is 25.2. The van der Waals surface area contributed by atoms with Crippen LogP contribution in [0.1, 0.15) is 190 Å². The molecule has 2 aliphatic heterocycles. The lowest BCUT2D eigenvalue weighted by molar-refractivity contribution is -0.158. The number of rotatable bonds is 24. The lowest BCUT2D eigenvalue weighted by Crippen LogP contribution is -2.42. The molecule has 12 nitrogen and oxygen atoms in total. The van der Waals surface area contributed by atoms with E-state index >= 15 is 0 Å². The second-order valence-corrected chi connectivity index (χ2v) is 31.0. The lowest BCUT2D eigenvalue weighted by Gasteiger charge is -2.36. The Morgan fingerprint density at radius 1 is 0.356 bits per heavy atom. The summed E-state index contributed by atoms with van der Waals surface area (Å²) in [5.41, 5.74) is 14.1. The molecule has 2 heterocycles. The predicted octanol–water partition coefficient (Wildman–Crippen LogP) is 19.3. The van der Waals surface area contributed by atoms with Crippen molar-refractivity contribution in [2.24, 2.45) is 21.7 Å². The number of aliphatic hydroxyl groups is 2. The second-order valence-electron chi connectivity index (χ2n) is 31.0. The molecule has 6 aliphatic rings.